The van der Waals surface area contributed by atoms with Gasteiger partial charge >= 0.3 is 5.97 Å². The van der Waals surface area contributed by atoms with Gasteiger partial charge in [-0.25, -0.2) is 0 Å². The van der Waals surface area contributed by atoms with Crippen molar-refractivity contribution in [2.24, 2.45) is 0 Å². The second-order valence-corrected chi connectivity index (χ2v) is 4.41. The van der Waals surface area contributed by atoms with Crippen LogP contribution in [0.3, 0.4) is 0 Å². The first kappa shape index (κ1) is 14.8. The van der Waals surface area contributed by atoms with Gasteiger partial charge in [0, 0.05) is 16.6 Å². The van der Waals surface area contributed by atoms with Crippen LogP contribution in [0.5, 0.6) is 0 Å². The molecule has 0 saturated heterocycles. The molecule has 1 aromatic carbocycles. The van der Waals surface area contributed by atoms with Crippen LogP contribution in [0.15, 0.2) is 18.2 Å². The summed E-state index contributed by atoms with van der Waals surface area (Å²) in [6, 6.07) is 4.99. The molecule has 0 saturated carbocycles. The molecule has 18 heavy (non-hydrogen) atoms. The zero-order valence-corrected chi connectivity index (χ0v) is 11.3. The number of ether oxygens (including phenoxy) is 1. The van der Waals surface area contributed by atoms with Crippen molar-refractivity contribution in [1.29, 1.82) is 0 Å². The first-order valence-electron chi connectivity index (χ1n) is 5.38. The van der Waals surface area contributed by atoms with Crippen molar-refractivity contribution in [2.75, 3.05) is 6.61 Å². The third kappa shape index (κ3) is 5.38. The molecule has 0 aliphatic carbocycles. The summed E-state index contributed by atoms with van der Waals surface area (Å²) in [5.41, 5.74) is 0.768. The van der Waals surface area contributed by atoms with Crippen molar-refractivity contribution in [3.63, 3.8) is 0 Å². The topological polar surface area (TPSA) is 55.4 Å². The average molecular weight is 290 g/mol. The number of halogens is 2. The molecule has 4 nitrogen and oxygen atoms in total. The normalized spacial score (nSPS) is 9.94. The third-order valence-corrected chi connectivity index (χ3v) is 2.46. The lowest BCUT2D eigenvalue weighted by Gasteiger charge is -2.06. The van der Waals surface area contributed by atoms with Gasteiger partial charge in [-0.1, -0.05) is 23.2 Å². The van der Waals surface area contributed by atoms with E-state index in [1.54, 1.807) is 25.1 Å². The molecule has 1 N–H and O–H groups in total. The van der Waals surface area contributed by atoms with Crippen LogP contribution in [0.4, 0.5) is 0 Å². The highest BCUT2D eigenvalue weighted by molar-refractivity contribution is 6.34. The summed E-state index contributed by atoms with van der Waals surface area (Å²) < 4.78 is 4.66. The first-order chi connectivity index (χ1) is 8.51. The van der Waals surface area contributed by atoms with Gasteiger partial charge in [-0.2, -0.15) is 0 Å². The summed E-state index contributed by atoms with van der Waals surface area (Å²) in [6.07, 6.45) is -0.290. The Labute approximate surface area is 115 Å². The van der Waals surface area contributed by atoms with Crippen molar-refractivity contribution >= 4 is 35.1 Å². The zero-order chi connectivity index (χ0) is 13.5. The van der Waals surface area contributed by atoms with Gasteiger partial charge in [0.15, 0.2) is 0 Å². The van der Waals surface area contributed by atoms with Crippen molar-refractivity contribution in [1.82, 2.24) is 5.32 Å². The van der Waals surface area contributed by atoms with E-state index < -0.39 is 11.9 Å². The van der Waals surface area contributed by atoms with Gasteiger partial charge in [0.2, 0.25) is 5.91 Å². The molecule has 0 aliphatic rings. The summed E-state index contributed by atoms with van der Waals surface area (Å²) in [5.74, 6) is -0.941. The van der Waals surface area contributed by atoms with E-state index in [2.05, 4.69) is 10.1 Å². The highest BCUT2D eigenvalue weighted by Crippen LogP contribution is 2.18. The van der Waals surface area contributed by atoms with E-state index in [-0.39, 0.29) is 19.6 Å². The first-order valence-corrected chi connectivity index (χ1v) is 6.14. The molecule has 6 heteroatoms. The molecule has 0 radical (unpaired) electrons. The van der Waals surface area contributed by atoms with E-state index in [4.69, 9.17) is 23.2 Å². The van der Waals surface area contributed by atoms with Crippen LogP contribution >= 0.6 is 23.2 Å². The molecular weight excluding hydrogens is 277 g/mol. The van der Waals surface area contributed by atoms with Crippen LogP contribution in [0.1, 0.15) is 18.9 Å². The van der Waals surface area contributed by atoms with E-state index in [1.807, 2.05) is 0 Å². The van der Waals surface area contributed by atoms with E-state index in [1.165, 1.54) is 0 Å². The molecule has 1 rings (SSSR count). The average Bonchev–Trinajstić information content (AvgIpc) is 2.25. The fourth-order valence-electron chi connectivity index (χ4n) is 1.32. The van der Waals surface area contributed by atoms with Crippen LogP contribution < -0.4 is 5.32 Å². The Bertz CT molecular complexity index is 429. The third-order valence-electron chi connectivity index (χ3n) is 2.02. The standard InChI is InChI=1S/C12H13Cl2NO3/c1-2-18-12(17)6-11(16)15-7-8-3-9(13)5-10(14)4-8/h3-5H,2,6-7H2,1H3,(H,15,16). The highest BCUT2D eigenvalue weighted by atomic mass is 35.5. The Morgan fingerprint density at radius 2 is 1.83 bits per heavy atom. The van der Waals surface area contributed by atoms with Gasteiger partial charge in [0.1, 0.15) is 6.42 Å². The molecule has 1 aromatic rings. The minimum Gasteiger partial charge on any atom is -0.466 e. The lowest BCUT2D eigenvalue weighted by Crippen LogP contribution is -2.26. The molecule has 0 bridgehead atoms. The summed E-state index contributed by atoms with van der Waals surface area (Å²) in [5, 5.41) is 3.58. The number of rotatable bonds is 5. The van der Waals surface area contributed by atoms with E-state index >= 15 is 0 Å². The lowest BCUT2D eigenvalue weighted by molar-refractivity contribution is -0.146. The number of hydrogen-bond acceptors (Lipinski definition) is 3. The van der Waals surface area contributed by atoms with Crippen molar-refractivity contribution in [3.05, 3.63) is 33.8 Å². The molecular formula is C12H13Cl2NO3. The SMILES string of the molecule is CCOC(=O)CC(=O)NCc1cc(Cl)cc(Cl)c1. The van der Waals surface area contributed by atoms with Gasteiger partial charge in [-0.15, -0.1) is 0 Å². The molecule has 1 amide bonds. The van der Waals surface area contributed by atoms with Crippen molar-refractivity contribution in [2.45, 2.75) is 19.9 Å². The maximum Gasteiger partial charge on any atom is 0.315 e. The summed E-state index contributed by atoms with van der Waals surface area (Å²) in [4.78, 5) is 22.4. The number of esters is 1. The number of benzene rings is 1. The van der Waals surface area contributed by atoms with E-state index in [9.17, 15) is 9.59 Å². The highest BCUT2D eigenvalue weighted by Gasteiger charge is 2.09. The number of carbonyl (C=O) groups excluding carboxylic acids is 2. The monoisotopic (exact) mass is 289 g/mol. The smallest absolute Gasteiger partial charge is 0.315 e. The number of amides is 1. The predicted octanol–water partition coefficient (Wildman–Crippen LogP) is 2.56. The van der Waals surface area contributed by atoms with Gasteiger partial charge < -0.3 is 10.1 Å². The van der Waals surface area contributed by atoms with Crippen LogP contribution in [0.2, 0.25) is 10.0 Å². The largest absolute Gasteiger partial charge is 0.466 e. The fourth-order valence-corrected chi connectivity index (χ4v) is 1.89. The van der Waals surface area contributed by atoms with Gasteiger partial charge in [0.05, 0.1) is 6.61 Å². The predicted molar refractivity (Wildman–Crippen MR) is 69.6 cm³/mol. The molecule has 0 heterocycles. The minimum absolute atomic E-state index is 0.260. The van der Waals surface area contributed by atoms with Crippen LogP contribution in [0, 0.1) is 0 Å². The molecule has 0 unspecified atom stereocenters. The summed E-state index contributed by atoms with van der Waals surface area (Å²) >= 11 is 11.6. The molecule has 0 aliphatic heterocycles. The van der Waals surface area contributed by atoms with Gasteiger partial charge in [0.25, 0.3) is 0 Å². The van der Waals surface area contributed by atoms with Gasteiger partial charge in [-0.05, 0) is 30.7 Å². The maximum absolute atomic E-state index is 11.4. The minimum atomic E-state index is -0.542. The lowest BCUT2D eigenvalue weighted by atomic mass is 10.2. The number of nitrogens with one attached hydrogen (secondary N) is 1. The quantitative estimate of drug-likeness (QED) is 0.670. The fraction of sp³-hybridized carbons (Fsp3) is 0.333. The summed E-state index contributed by atoms with van der Waals surface area (Å²) in [6.45, 7) is 2.21. The molecule has 0 aromatic heterocycles. The van der Waals surface area contributed by atoms with Crippen LogP contribution in [-0.4, -0.2) is 18.5 Å². The Hall–Kier alpha value is -1.26. The van der Waals surface area contributed by atoms with E-state index in [0.717, 1.165) is 5.56 Å². The summed E-state index contributed by atoms with van der Waals surface area (Å²) in [7, 11) is 0. The maximum atomic E-state index is 11.4. The van der Waals surface area contributed by atoms with Gasteiger partial charge in [-0.3, -0.25) is 9.59 Å². The van der Waals surface area contributed by atoms with Crippen LogP contribution in [-0.2, 0) is 20.9 Å². The van der Waals surface area contributed by atoms with Crippen LogP contribution in [0.25, 0.3) is 0 Å². The second-order valence-electron chi connectivity index (χ2n) is 3.54. The number of carbonyl (C=O) groups is 2. The molecule has 98 valence electrons. The number of hydrogen-bond donors (Lipinski definition) is 1. The van der Waals surface area contributed by atoms with Crippen molar-refractivity contribution in [3.8, 4) is 0 Å². The Balaban J connectivity index is 2.45. The zero-order valence-electron chi connectivity index (χ0n) is 9.83. The molecule has 0 fully saturated rings. The molecule has 0 atom stereocenters. The second kappa shape index (κ2) is 7.24. The Morgan fingerprint density at radius 3 is 2.39 bits per heavy atom. The van der Waals surface area contributed by atoms with E-state index in [0.29, 0.717) is 10.0 Å². The molecule has 0 spiro atoms. The van der Waals surface area contributed by atoms with Crippen molar-refractivity contribution < 1.29 is 14.3 Å². The Kier molecular flexibility index (Phi) is 5.95. The Morgan fingerprint density at radius 1 is 1.22 bits per heavy atom.